The molecule has 0 aliphatic carbocycles. The number of halogens is 1. The summed E-state index contributed by atoms with van der Waals surface area (Å²) < 4.78 is 26.0. The lowest BCUT2D eigenvalue weighted by molar-refractivity contribution is 0.0952. The first-order chi connectivity index (χ1) is 10.3. The van der Waals surface area contributed by atoms with Crippen molar-refractivity contribution in [2.24, 2.45) is 0 Å². The number of sulfonamides is 1. The fourth-order valence-corrected chi connectivity index (χ4v) is 3.74. The Bertz CT molecular complexity index is 615. The third-order valence-electron chi connectivity index (χ3n) is 3.27. The molecule has 1 aromatic rings. The minimum absolute atomic E-state index is 0.0936. The smallest absolute Gasteiger partial charge is 0.251 e. The quantitative estimate of drug-likeness (QED) is 0.693. The van der Waals surface area contributed by atoms with Crippen molar-refractivity contribution in [1.82, 2.24) is 9.62 Å². The summed E-state index contributed by atoms with van der Waals surface area (Å²) in [5, 5.41) is 2.82. The second-order valence-corrected chi connectivity index (χ2v) is 8.22. The average molecular weight is 391 g/mol. The molecule has 0 bridgehead atoms. The second-order valence-electron chi connectivity index (χ2n) is 5.25. The maximum absolute atomic E-state index is 12.2. The molecule has 0 aromatic heterocycles. The van der Waals surface area contributed by atoms with Crippen LogP contribution in [0.5, 0.6) is 0 Å². The molecule has 0 saturated heterocycles. The number of carbonyl (C=O) groups is 1. The number of amides is 1. The van der Waals surface area contributed by atoms with Crippen molar-refractivity contribution in [3.8, 4) is 0 Å². The molecule has 0 heterocycles. The van der Waals surface area contributed by atoms with Crippen molar-refractivity contribution in [2.45, 2.75) is 37.5 Å². The Balaban J connectivity index is 2.83. The number of hydrogen-bond donors (Lipinski definition) is 1. The summed E-state index contributed by atoms with van der Waals surface area (Å²) in [5.41, 5.74) is 0.346. The highest BCUT2D eigenvalue weighted by Crippen LogP contribution is 2.25. The maximum Gasteiger partial charge on any atom is 0.251 e. The number of rotatable bonds is 8. The van der Waals surface area contributed by atoms with Gasteiger partial charge in [-0.15, -0.1) is 0 Å². The van der Waals surface area contributed by atoms with E-state index < -0.39 is 10.0 Å². The van der Waals surface area contributed by atoms with Gasteiger partial charge in [0.2, 0.25) is 10.0 Å². The lowest BCUT2D eigenvalue weighted by Gasteiger charge is -2.14. The third kappa shape index (κ3) is 5.07. The van der Waals surface area contributed by atoms with Gasteiger partial charge in [0.15, 0.2) is 0 Å². The van der Waals surface area contributed by atoms with Crippen LogP contribution in [0.1, 0.15) is 43.0 Å². The number of unbranched alkanes of at least 4 members (excludes halogenated alkanes) is 3. The van der Waals surface area contributed by atoms with Crippen LogP contribution < -0.4 is 5.32 Å². The van der Waals surface area contributed by atoms with Crippen molar-refractivity contribution in [1.29, 1.82) is 0 Å². The first kappa shape index (κ1) is 19.1. The van der Waals surface area contributed by atoms with E-state index >= 15 is 0 Å². The molecule has 0 atom stereocenters. The molecule has 0 radical (unpaired) electrons. The van der Waals surface area contributed by atoms with Gasteiger partial charge in [0.1, 0.15) is 0 Å². The Morgan fingerprint density at radius 1 is 1.23 bits per heavy atom. The summed E-state index contributed by atoms with van der Waals surface area (Å²) in [6, 6.07) is 4.60. The van der Waals surface area contributed by atoms with Crippen molar-refractivity contribution < 1.29 is 13.2 Å². The van der Waals surface area contributed by atoms with Crippen LogP contribution in [0.4, 0.5) is 0 Å². The number of hydrogen-bond acceptors (Lipinski definition) is 3. The molecule has 124 valence electrons. The van der Waals surface area contributed by atoms with Crippen LogP contribution in [0.15, 0.2) is 27.6 Å². The highest BCUT2D eigenvalue weighted by atomic mass is 79.9. The van der Waals surface area contributed by atoms with Crippen molar-refractivity contribution >= 4 is 31.9 Å². The molecule has 1 amide bonds. The molecule has 1 aromatic carbocycles. The van der Waals surface area contributed by atoms with Crippen LogP contribution in [-0.4, -0.2) is 39.3 Å². The van der Waals surface area contributed by atoms with Gasteiger partial charge < -0.3 is 5.32 Å². The zero-order valence-corrected chi connectivity index (χ0v) is 15.6. The number of nitrogens with one attached hydrogen (secondary N) is 1. The monoisotopic (exact) mass is 390 g/mol. The maximum atomic E-state index is 12.2. The van der Waals surface area contributed by atoms with E-state index in [1.54, 1.807) is 12.1 Å². The van der Waals surface area contributed by atoms with E-state index in [2.05, 4.69) is 28.2 Å². The summed E-state index contributed by atoms with van der Waals surface area (Å²) in [6.07, 6.45) is 4.31. The number of nitrogens with zero attached hydrogens (tertiary/aromatic N) is 1. The number of benzene rings is 1. The zero-order valence-electron chi connectivity index (χ0n) is 13.2. The van der Waals surface area contributed by atoms with Crippen molar-refractivity contribution in [3.05, 3.63) is 28.2 Å². The summed E-state index contributed by atoms with van der Waals surface area (Å²) >= 11 is 3.23. The van der Waals surface area contributed by atoms with Gasteiger partial charge in [-0.3, -0.25) is 4.79 Å². The Hall–Kier alpha value is -0.920. The summed E-state index contributed by atoms with van der Waals surface area (Å²) in [4.78, 5) is 12.2. The highest BCUT2D eigenvalue weighted by Gasteiger charge is 2.22. The molecule has 22 heavy (non-hydrogen) atoms. The highest BCUT2D eigenvalue weighted by molar-refractivity contribution is 9.10. The van der Waals surface area contributed by atoms with Crippen molar-refractivity contribution in [3.63, 3.8) is 0 Å². The fourth-order valence-electron chi connectivity index (χ4n) is 1.89. The van der Waals surface area contributed by atoms with Gasteiger partial charge in [-0.25, -0.2) is 12.7 Å². The average Bonchev–Trinajstić information content (AvgIpc) is 2.46. The van der Waals surface area contributed by atoms with Crippen LogP contribution >= 0.6 is 15.9 Å². The van der Waals surface area contributed by atoms with Crippen LogP contribution in [-0.2, 0) is 10.0 Å². The normalized spacial score (nSPS) is 11.7. The molecular weight excluding hydrogens is 368 g/mol. The van der Waals surface area contributed by atoms with E-state index in [-0.39, 0.29) is 10.8 Å². The van der Waals surface area contributed by atoms with E-state index in [0.717, 1.165) is 30.0 Å². The standard InChI is InChI=1S/C15H23BrN2O3S/c1-4-5-6-7-10-17-15(19)12-8-9-13(16)14(11-12)22(20,21)18(2)3/h8-9,11H,4-7,10H2,1-3H3,(H,17,19). The summed E-state index contributed by atoms with van der Waals surface area (Å²) in [7, 11) is -0.669. The molecule has 7 heteroatoms. The first-order valence-electron chi connectivity index (χ1n) is 7.31. The molecule has 1 N–H and O–H groups in total. The molecule has 5 nitrogen and oxygen atoms in total. The Kier molecular flexibility index (Phi) is 7.52. The molecule has 0 fully saturated rings. The second kappa shape index (κ2) is 8.64. The molecule has 0 aliphatic rings. The van der Waals surface area contributed by atoms with E-state index in [9.17, 15) is 13.2 Å². The Labute approximate surface area is 141 Å². The molecule has 0 saturated carbocycles. The minimum Gasteiger partial charge on any atom is -0.352 e. The summed E-state index contributed by atoms with van der Waals surface area (Å²) in [6.45, 7) is 2.73. The van der Waals surface area contributed by atoms with Crippen LogP contribution in [0.3, 0.4) is 0 Å². The lowest BCUT2D eigenvalue weighted by Crippen LogP contribution is -2.26. The topological polar surface area (TPSA) is 66.5 Å². The van der Waals surface area contributed by atoms with Gasteiger partial charge in [-0.05, 0) is 40.5 Å². The van der Waals surface area contributed by atoms with Gasteiger partial charge in [-0.1, -0.05) is 26.2 Å². The van der Waals surface area contributed by atoms with E-state index in [1.165, 1.54) is 20.2 Å². The van der Waals surface area contributed by atoms with E-state index in [1.807, 2.05) is 0 Å². The SMILES string of the molecule is CCCCCCNC(=O)c1ccc(Br)c(S(=O)(=O)N(C)C)c1. The zero-order chi connectivity index (χ0) is 16.8. The third-order valence-corrected chi connectivity index (χ3v) is 6.08. The minimum atomic E-state index is -3.59. The van der Waals surface area contributed by atoms with Crippen molar-refractivity contribution in [2.75, 3.05) is 20.6 Å². The Morgan fingerprint density at radius 3 is 2.50 bits per heavy atom. The van der Waals surface area contributed by atoms with E-state index in [4.69, 9.17) is 0 Å². The Morgan fingerprint density at radius 2 is 1.91 bits per heavy atom. The predicted molar refractivity (Wildman–Crippen MR) is 91.5 cm³/mol. The molecule has 0 aliphatic heterocycles. The van der Waals surface area contributed by atoms with Crippen LogP contribution in [0.25, 0.3) is 0 Å². The molecule has 1 rings (SSSR count). The predicted octanol–water partition coefficient (Wildman–Crippen LogP) is 3.01. The number of carbonyl (C=O) groups excluding carboxylic acids is 1. The van der Waals surface area contributed by atoms with Gasteiger partial charge in [-0.2, -0.15) is 0 Å². The van der Waals surface area contributed by atoms with Gasteiger partial charge in [0, 0.05) is 30.7 Å². The fraction of sp³-hybridized carbons (Fsp3) is 0.533. The molecular formula is C15H23BrN2O3S. The van der Waals surface area contributed by atoms with Crippen LogP contribution in [0, 0.1) is 0 Å². The molecule has 0 unspecified atom stereocenters. The van der Waals surface area contributed by atoms with Gasteiger partial charge >= 0.3 is 0 Å². The lowest BCUT2D eigenvalue weighted by atomic mass is 10.2. The molecule has 0 spiro atoms. The largest absolute Gasteiger partial charge is 0.352 e. The van der Waals surface area contributed by atoms with E-state index in [0.29, 0.717) is 16.6 Å². The van der Waals surface area contributed by atoms with Gasteiger partial charge in [0.25, 0.3) is 5.91 Å². The van der Waals surface area contributed by atoms with Gasteiger partial charge in [0.05, 0.1) is 4.90 Å². The first-order valence-corrected chi connectivity index (χ1v) is 9.54. The summed E-state index contributed by atoms with van der Waals surface area (Å²) in [5.74, 6) is -0.251. The van der Waals surface area contributed by atoms with Crippen LogP contribution in [0.2, 0.25) is 0 Å².